The third-order valence-electron chi connectivity index (χ3n) is 5.29. The predicted octanol–water partition coefficient (Wildman–Crippen LogP) is 2.55. The lowest BCUT2D eigenvalue weighted by Gasteiger charge is -2.36. The van der Waals surface area contributed by atoms with E-state index < -0.39 is 0 Å². The monoisotopic (exact) mass is 266 g/mol. The van der Waals surface area contributed by atoms with Gasteiger partial charge in [0.15, 0.2) is 0 Å². The fourth-order valence-corrected chi connectivity index (χ4v) is 4.17. The molecule has 0 aromatic rings. The van der Waals surface area contributed by atoms with Crippen LogP contribution < -0.4 is 5.32 Å². The zero-order chi connectivity index (χ0) is 13.1. The highest BCUT2D eigenvalue weighted by Crippen LogP contribution is 2.27. The largest absolute Gasteiger partial charge is 0.378 e. The van der Waals surface area contributed by atoms with Crippen molar-refractivity contribution >= 4 is 0 Å². The third-order valence-corrected chi connectivity index (χ3v) is 5.29. The van der Waals surface area contributed by atoms with Crippen LogP contribution >= 0.6 is 0 Å². The summed E-state index contributed by atoms with van der Waals surface area (Å²) in [5, 5.41) is 3.87. The molecular formula is C16H30N2O. The molecule has 3 rings (SSSR count). The van der Waals surface area contributed by atoms with E-state index in [-0.39, 0.29) is 0 Å². The van der Waals surface area contributed by atoms with E-state index in [0.29, 0.717) is 12.1 Å². The molecule has 0 spiro atoms. The second-order valence-corrected chi connectivity index (χ2v) is 6.83. The van der Waals surface area contributed by atoms with Crippen LogP contribution in [-0.4, -0.2) is 48.8 Å². The summed E-state index contributed by atoms with van der Waals surface area (Å²) in [5.41, 5.74) is 0. The Kier molecular flexibility index (Phi) is 4.78. The number of rotatable bonds is 5. The Balaban J connectivity index is 1.36. The lowest BCUT2D eigenvalue weighted by Crippen LogP contribution is -2.48. The quantitative estimate of drug-likeness (QED) is 0.827. The van der Waals surface area contributed by atoms with Crippen LogP contribution in [0.25, 0.3) is 0 Å². The second-order valence-electron chi connectivity index (χ2n) is 6.83. The van der Waals surface area contributed by atoms with E-state index >= 15 is 0 Å². The molecule has 3 fully saturated rings. The molecule has 3 aliphatic heterocycles. The third kappa shape index (κ3) is 3.71. The van der Waals surface area contributed by atoms with Crippen molar-refractivity contribution in [1.82, 2.24) is 10.2 Å². The van der Waals surface area contributed by atoms with E-state index in [2.05, 4.69) is 17.1 Å². The summed E-state index contributed by atoms with van der Waals surface area (Å²) in [6, 6.07) is 2.30. The van der Waals surface area contributed by atoms with Crippen LogP contribution in [0.1, 0.15) is 58.3 Å². The molecule has 0 bridgehead atoms. The molecule has 0 radical (unpaired) electrons. The lowest BCUT2D eigenvalue weighted by atomic mass is 9.96. The first kappa shape index (κ1) is 13.8. The molecule has 3 aliphatic rings. The van der Waals surface area contributed by atoms with Gasteiger partial charge in [0.1, 0.15) is 0 Å². The van der Waals surface area contributed by atoms with E-state index in [9.17, 15) is 0 Å². The maximum absolute atomic E-state index is 5.72. The molecule has 0 aromatic heterocycles. The minimum absolute atomic E-state index is 0.556. The summed E-state index contributed by atoms with van der Waals surface area (Å²) in [7, 11) is 0. The van der Waals surface area contributed by atoms with Gasteiger partial charge in [0, 0.05) is 24.7 Å². The Hall–Kier alpha value is -0.120. The van der Waals surface area contributed by atoms with Crippen LogP contribution in [0.2, 0.25) is 0 Å². The highest BCUT2D eigenvalue weighted by atomic mass is 16.5. The van der Waals surface area contributed by atoms with Crippen molar-refractivity contribution in [2.45, 2.75) is 82.5 Å². The maximum Gasteiger partial charge on any atom is 0.0576 e. The van der Waals surface area contributed by atoms with Gasteiger partial charge < -0.3 is 15.0 Å². The minimum atomic E-state index is 0.556. The van der Waals surface area contributed by atoms with Gasteiger partial charge in [0.25, 0.3) is 0 Å². The Morgan fingerprint density at radius 3 is 3.00 bits per heavy atom. The molecule has 0 aromatic carbocycles. The zero-order valence-electron chi connectivity index (χ0n) is 12.4. The fraction of sp³-hybridized carbons (Fsp3) is 1.00. The van der Waals surface area contributed by atoms with Crippen LogP contribution in [0.3, 0.4) is 0 Å². The van der Waals surface area contributed by atoms with Gasteiger partial charge in [-0.15, -0.1) is 0 Å². The Morgan fingerprint density at radius 1 is 1.21 bits per heavy atom. The van der Waals surface area contributed by atoms with E-state index in [0.717, 1.165) is 18.7 Å². The summed E-state index contributed by atoms with van der Waals surface area (Å²) in [5.74, 6) is 0. The van der Waals surface area contributed by atoms with Crippen LogP contribution in [0.15, 0.2) is 0 Å². The van der Waals surface area contributed by atoms with Crippen molar-refractivity contribution in [3.8, 4) is 0 Å². The zero-order valence-corrected chi connectivity index (χ0v) is 12.4. The Bertz CT molecular complexity index is 278. The van der Waals surface area contributed by atoms with Crippen LogP contribution in [0, 0.1) is 0 Å². The van der Waals surface area contributed by atoms with Crippen molar-refractivity contribution in [2.24, 2.45) is 0 Å². The van der Waals surface area contributed by atoms with E-state index in [1.807, 2.05) is 0 Å². The normalized spacial score (nSPS) is 37.4. The summed E-state index contributed by atoms with van der Waals surface area (Å²) in [6.07, 6.45) is 11.2. The molecule has 0 unspecified atom stereocenters. The van der Waals surface area contributed by atoms with Crippen LogP contribution in [-0.2, 0) is 4.74 Å². The number of nitrogens with one attached hydrogen (secondary N) is 1. The molecule has 0 amide bonds. The molecule has 3 saturated heterocycles. The molecule has 110 valence electrons. The molecular weight excluding hydrogens is 236 g/mol. The number of nitrogens with zero attached hydrogens (tertiary/aromatic N) is 1. The minimum Gasteiger partial charge on any atom is -0.378 e. The van der Waals surface area contributed by atoms with Gasteiger partial charge in [-0.3, -0.25) is 0 Å². The fourth-order valence-electron chi connectivity index (χ4n) is 4.17. The number of hydrogen-bond donors (Lipinski definition) is 1. The Labute approximate surface area is 118 Å². The van der Waals surface area contributed by atoms with Crippen molar-refractivity contribution in [1.29, 1.82) is 0 Å². The van der Waals surface area contributed by atoms with Gasteiger partial charge in [0.05, 0.1) is 6.10 Å². The van der Waals surface area contributed by atoms with Gasteiger partial charge in [-0.1, -0.05) is 0 Å². The smallest absolute Gasteiger partial charge is 0.0576 e. The molecule has 3 heteroatoms. The van der Waals surface area contributed by atoms with Crippen molar-refractivity contribution < 1.29 is 4.74 Å². The van der Waals surface area contributed by atoms with E-state index in [4.69, 9.17) is 4.74 Å². The van der Waals surface area contributed by atoms with Crippen molar-refractivity contribution in [3.05, 3.63) is 0 Å². The summed E-state index contributed by atoms with van der Waals surface area (Å²) in [4.78, 5) is 2.70. The highest BCUT2D eigenvalue weighted by molar-refractivity contribution is 4.90. The van der Waals surface area contributed by atoms with Gasteiger partial charge >= 0.3 is 0 Å². The van der Waals surface area contributed by atoms with Gasteiger partial charge in [0.2, 0.25) is 0 Å². The number of hydrogen-bond acceptors (Lipinski definition) is 3. The first-order valence-electron chi connectivity index (χ1n) is 8.43. The molecule has 1 N–H and O–H groups in total. The highest BCUT2D eigenvalue weighted by Gasteiger charge is 2.31. The number of piperidine rings is 1. The molecule has 4 atom stereocenters. The molecule has 19 heavy (non-hydrogen) atoms. The summed E-state index contributed by atoms with van der Waals surface area (Å²) in [6.45, 7) is 6.02. The van der Waals surface area contributed by atoms with Gasteiger partial charge in [-0.2, -0.15) is 0 Å². The van der Waals surface area contributed by atoms with Gasteiger partial charge in [-0.05, 0) is 71.4 Å². The Morgan fingerprint density at radius 2 is 2.16 bits per heavy atom. The molecule has 0 saturated carbocycles. The number of fused-ring (bicyclic) bond motifs is 1. The standard InChI is InChI=1S/C16H30N2O/c1-13(6-7-16-5-3-11-19-16)17-14-8-10-18-9-2-4-15(18)12-14/h13-17H,2-12H2,1H3/t13-,14+,15+,16+/m1/s1. The average molecular weight is 266 g/mol. The van der Waals surface area contributed by atoms with Crippen LogP contribution in [0.4, 0.5) is 0 Å². The van der Waals surface area contributed by atoms with Crippen molar-refractivity contribution in [2.75, 3.05) is 19.7 Å². The molecule has 0 aliphatic carbocycles. The van der Waals surface area contributed by atoms with E-state index in [1.165, 1.54) is 64.5 Å². The molecule has 3 nitrogen and oxygen atoms in total. The predicted molar refractivity (Wildman–Crippen MR) is 78.4 cm³/mol. The topological polar surface area (TPSA) is 24.5 Å². The first-order valence-corrected chi connectivity index (χ1v) is 8.43. The molecule has 3 heterocycles. The summed E-state index contributed by atoms with van der Waals surface area (Å²) >= 11 is 0. The second kappa shape index (κ2) is 6.55. The lowest BCUT2D eigenvalue weighted by molar-refractivity contribution is 0.0982. The SMILES string of the molecule is C[C@H](CC[C@@H]1CCCO1)N[C@H]1CCN2CCC[C@H]2C1. The van der Waals surface area contributed by atoms with Gasteiger partial charge in [-0.25, -0.2) is 0 Å². The maximum atomic E-state index is 5.72. The first-order chi connectivity index (χ1) is 9.31. The van der Waals surface area contributed by atoms with Crippen molar-refractivity contribution in [3.63, 3.8) is 0 Å². The summed E-state index contributed by atoms with van der Waals surface area (Å²) < 4.78 is 5.72. The number of ether oxygens (including phenoxy) is 1. The van der Waals surface area contributed by atoms with Crippen LogP contribution in [0.5, 0.6) is 0 Å². The van der Waals surface area contributed by atoms with E-state index in [1.54, 1.807) is 0 Å². The average Bonchev–Trinajstić information content (AvgIpc) is 3.07.